The molecule has 0 aliphatic heterocycles. The second kappa shape index (κ2) is 11.4. The van der Waals surface area contributed by atoms with E-state index >= 15 is 0 Å². The van der Waals surface area contributed by atoms with Gasteiger partial charge in [-0.05, 0) is 37.8 Å². The summed E-state index contributed by atoms with van der Waals surface area (Å²) in [4.78, 5) is 47.3. The van der Waals surface area contributed by atoms with Gasteiger partial charge in [0.15, 0.2) is 5.78 Å². The number of ketones is 1. The van der Waals surface area contributed by atoms with E-state index in [2.05, 4.69) is 5.32 Å². The minimum absolute atomic E-state index is 0.0723. The maximum atomic E-state index is 12.7. The summed E-state index contributed by atoms with van der Waals surface area (Å²) >= 11 is 12.7. The molecule has 8 nitrogen and oxygen atoms in total. The standard InChI is InChI=1S/C24H23Cl2NO7/c25-20-16(22(30)13-4-2-1-3-5-13)8-10-18(21(20)26)34-15-7-6-14(12-15)23(31)27-17(24(32)33)9-11-19(28)29/h1-5,8,10,14-15,17H,6-7,9,11-12H2,(H,27,31)(H,28,29)(H,32,33)/t14-,15+,17?/m1/s1. The number of halogens is 2. The Morgan fingerprint density at radius 1 is 1.00 bits per heavy atom. The van der Waals surface area contributed by atoms with Crippen molar-refractivity contribution in [1.29, 1.82) is 0 Å². The fraction of sp³-hybridized carbons (Fsp3) is 0.333. The molecular formula is C24H23Cl2NO7. The topological polar surface area (TPSA) is 130 Å². The van der Waals surface area contributed by atoms with Crippen LogP contribution in [-0.4, -0.2) is 46.0 Å². The van der Waals surface area contributed by atoms with Crippen LogP contribution in [0.2, 0.25) is 10.0 Å². The highest BCUT2D eigenvalue weighted by molar-refractivity contribution is 6.45. The maximum absolute atomic E-state index is 12.7. The van der Waals surface area contributed by atoms with Gasteiger partial charge >= 0.3 is 11.9 Å². The Labute approximate surface area is 205 Å². The lowest BCUT2D eigenvalue weighted by atomic mass is 10.0. The molecule has 0 heterocycles. The van der Waals surface area contributed by atoms with E-state index in [4.69, 9.17) is 33.0 Å². The number of amides is 1. The van der Waals surface area contributed by atoms with Crippen molar-refractivity contribution in [3.63, 3.8) is 0 Å². The van der Waals surface area contributed by atoms with Crippen LogP contribution in [0.5, 0.6) is 5.75 Å². The summed E-state index contributed by atoms with van der Waals surface area (Å²) < 4.78 is 5.94. The van der Waals surface area contributed by atoms with Crippen molar-refractivity contribution < 1.29 is 34.1 Å². The molecule has 34 heavy (non-hydrogen) atoms. The molecule has 2 aromatic carbocycles. The van der Waals surface area contributed by atoms with E-state index < -0.39 is 29.8 Å². The van der Waals surface area contributed by atoms with Crippen molar-refractivity contribution in [1.82, 2.24) is 5.32 Å². The largest absolute Gasteiger partial charge is 0.489 e. The molecule has 1 unspecified atom stereocenters. The summed E-state index contributed by atoms with van der Waals surface area (Å²) in [6.07, 6.45) is 0.403. The van der Waals surface area contributed by atoms with Crippen LogP contribution < -0.4 is 10.1 Å². The van der Waals surface area contributed by atoms with Crippen LogP contribution >= 0.6 is 23.2 Å². The zero-order chi connectivity index (χ0) is 24.8. The molecule has 1 aliphatic carbocycles. The molecule has 0 bridgehead atoms. The lowest BCUT2D eigenvalue weighted by molar-refractivity contribution is -0.143. The fourth-order valence-electron chi connectivity index (χ4n) is 3.82. The fourth-order valence-corrected chi connectivity index (χ4v) is 4.27. The number of aliphatic carboxylic acids is 2. The van der Waals surface area contributed by atoms with Gasteiger partial charge in [-0.25, -0.2) is 4.79 Å². The number of carboxylic acid groups (broad SMARTS) is 2. The Morgan fingerprint density at radius 2 is 1.71 bits per heavy atom. The number of ether oxygens (including phenoxy) is 1. The first-order valence-corrected chi connectivity index (χ1v) is 11.4. The predicted octanol–water partition coefficient (Wildman–Crippen LogP) is 4.21. The summed E-state index contributed by atoms with van der Waals surface area (Å²) in [7, 11) is 0. The second-order valence-electron chi connectivity index (χ2n) is 8.02. The Balaban J connectivity index is 1.62. The van der Waals surface area contributed by atoms with E-state index in [1.54, 1.807) is 36.4 Å². The number of rotatable bonds is 10. The van der Waals surface area contributed by atoms with Gasteiger partial charge in [0, 0.05) is 23.5 Å². The molecule has 2 aromatic rings. The molecule has 3 rings (SSSR count). The van der Waals surface area contributed by atoms with E-state index in [0.29, 0.717) is 24.8 Å². The van der Waals surface area contributed by atoms with Gasteiger partial charge in [-0.3, -0.25) is 14.4 Å². The lowest BCUT2D eigenvalue weighted by Gasteiger charge is -2.18. The normalized spacial score (nSPS) is 18.2. The Bertz CT molecular complexity index is 1090. The van der Waals surface area contributed by atoms with Gasteiger partial charge in [0.25, 0.3) is 0 Å². The number of carbonyl (C=O) groups excluding carboxylic acids is 2. The highest BCUT2D eigenvalue weighted by Crippen LogP contribution is 2.38. The molecule has 0 spiro atoms. The third-order valence-electron chi connectivity index (χ3n) is 5.64. The number of hydrogen-bond donors (Lipinski definition) is 3. The smallest absolute Gasteiger partial charge is 0.326 e. The van der Waals surface area contributed by atoms with E-state index in [-0.39, 0.29) is 46.1 Å². The monoisotopic (exact) mass is 507 g/mol. The minimum atomic E-state index is -1.29. The van der Waals surface area contributed by atoms with E-state index in [0.717, 1.165) is 0 Å². The van der Waals surface area contributed by atoms with Crippen molar-refractivity contribution in [2.75, 3.05) is 0 Å². The molecule has 180 valence electrons. The van der Waals surface area contributed by atoms with E-state index in [1.807, 2.05) is 0 Å². The number of benzene rings is 2. The number of carboxylic acids is 2. The van der Waals surface area contributed by atoms with Gasteiger partial charge in [0.1, 0.15) is 16.8 Å². The molecule has 1 fully saturated rings. The summed E-state index contributed by atoms with van der Waals surface area (Å²) in [6.45, 7) is 0. The van der Waals surface area contributed by atoms with E-state index in [1.165, 1.54) is 6.07 Å². The maximum Gasteiger partial charge on any atom is 0.326 e. The number of nitrogens with one attached hydrogen (secondary N) is 1. The molecule has 0 radical (unpaired) electrons. The summed E-state index contributed by atoms with van der Waals surface area (Å²) in [5.74, 6) is -3.35. The van der Waals surface area contributed by atoms with Crippen LogP contribution in [0.25, 0.3) is 0 Å². The first-order valence-electron chi connectivity index (χ1n) is 10.7. The molecule has 1 aliphatic rings. The Hall–Kier alpha value is -3.10. The van der Waals surface area contributed by atoms with Gasteiger partial charge in [-0.2, -0.15) is 0 Å². The van der Waals surface area contributed by atoms with Crippen LogP contribution in [0.3, 0.4) is 0 Å². The molecule has 10 heteroatoms. The van der Waals surface area contributed by atoms with Crippen molar-refractivity contribution in [2.24, 2.45) is 5.92 Å². The van der Waals surface area contributed by atoms with Crippen molar-refractivity contribution in [3.8, 4) is 5.75 Å². The highest BCUT2D eigenvalue weighted by Gasteiger charge is 2.34. The summed E-state index contributed by atoms with van der Waals surface area (Å²) in [5, 5.41) is 20.6. The highest BCUT2D eigenvalue weighted by atomic mass is 35.5. The molecule has 3 atom stereocenters. The molecule has 0 aromatic heterocycles. The van der Waals surface area contributed by atoms with Crippen LogP contribution in [0, 0.1) is 5.92 Å². The minimum Gasteiger partial charge on any atom is -0.489 e. The summed E-state index contributed by atoms with van der Waals surface area (Å²) in [6, 6.07) is 10.5. The molecule has 3 N–H and O–H groups in total. The van der Waals surface area contributed by atoms with Gasteiger partial charge in [-0.15, -0.1) is 0 Å². The number of hydrogen-bond acceptors (Lipinski definition) is 5. The Kier molecular flexibility index (Phi) is 8.52. The van der Waals surface area contributed by atoms with E-state index in [9.17, 15) is 24.3 Å². The van der Waals surface area contributed by atoms with Crippen LogP contribution in [0.15, 0.2) is 42.5 Å². The average molecular weight is 508 g/mol. The Morgan fingerprint density at radius 3 is 2.35 bits per heavy atom. The molecule has 0 saturated heterocycles. The average Bonchev–Trinajstić information content (AvgIpc) is 3.28. The summed E-state index contributed by atoms with van der Waals surface area (Å²) in [5.41, 5.74) is 0.719. The van der Waals surface area contributed by atoms with Crippen LogP contribution in [-0.2, 0) is 14.4 Å². The zero-order valence-electron chi connectivity index (χ0n) is 18.0. The van der Waals surface area contributed by atoms with Gasteiger partial charge < -0.3 is 20.3 Å². The first-order chi connectivity index (χ1) is 16.2. The number of carbonyl (C=O) groups is 4. The zero-order valence-corrected chi connectivity index (χ0v) is 19.5. The van der Waals surface area contributed by atoms with Gasteiger partial charge in [-0.1, -0.05) is 53.5 Å². The van der Waals surface area contributed by atoms with Crippen LogP contribution in [0.1, 0.15) is 48.0 Å². The SMILES string of the molecule is O=C(O)CCC(NC(=O)[C@@H]1CC[C@H](Oc2ccc(C(=O)c3ccccc3)c(Cl)c2Cl)C1)C(=O)O. The van der Waals surface area contributed by atoms with Gasteiger partial charge in [0.2, 0.25) is 5.91 Å². The third-order valence-corrected chi connectivity index (χ3v) is 6.50. The molecular weight excluding hydrogens is 485 g/mol. The lowest BCUT2D eigenvalue weighted by Crippen LogP contribution is -2.43. The second-order valence-corrected chi connectivity index (χ2v) is 8.77. The molecule has 1 amide bonds. The van der Waals surface area contributed by atoms with Crippen LogP contribution in [0.4, 0.5) is 0 Å². The quantitative estimate of drug-likeness (QED) is 0.410. The van der Waals surface area contributed by atoms with Gasteiger partial charge in [0.05, 0.1) is 11.1 Å². The molecule has 1 saturated carbocycles. The van der Waals surface area contributed by atoms with Crippen molar-refractivity contribution in [3.05, 3.63) is 63.6 Å². The van der Waals surface area contributed by atoms with Crippen molar-refractivity contribution in [2.45, 2.75) is 44.2 Å². The third kappa shape index (κ3) is 6.27. The van der Waals surface area contributed by atoms with Crippen molar-refractivity contribution >= 4 is 46.8 Å². The first kappa shape index (κ1) is 25.5. The predicted molar refractivity (Wildman–Crippen MR) is 125 cm³/mol.